The van der Waals surface area contributed by atoms with Crippen molar-refractivity contribution in [2.75, 3.05) is 0 Å². The molecule has 2 aromatic rings. The molecule has 0 spiro atoms. The zero-order valence-corrected chi connectivity index (χ0v) is 10.2. The molecule has 16 heavy (non-hydrogen) atoms. The van der Waals surface area contributed by atoms with Crippen molar-refractivity contribution in [3.05, 3.63) is 34.3 Å². The first-order valence-electron chi connectivity index (χ1n) is 5.21. The van der Waals surface area contributed by atoms with E-state index in [4.69, 9.17) is 0 Å². The van der Waals surface area contributed by atoms with E-state index in [0.29, 0.717) is 5.69 Å². The van der Waals surface area contributed by atoms with Crippen LogP contribution in [0.15, 0.2) is 23.7 Å². The predicted molar refractivity (Wildman–Crippen MR) is 63.3 cm³/mol. The van der Waals surface area contributed by atoms with Crippen molar-refractivity contribution in [2.45, 2.75) is 32.4 Å². The van der Waals surface area contributed by atoms with Crippen molar-refractivity contribution in [3.63, 3.8) is 0 Å². The summed E-state index contributed by atoms with van der Waals surface area (Å²) < 4.78 is 1.77. The minimum atomic E-state index is -0.915. The van der Waals surface area contributed by atoms with Gasteiger partial charge in [0.1, 0.15) is 11.3 Å². The van der Waals surface area contributed by atoms with Crippen molar-refractivity contribution in [3.8, 4) is 0 Å². The lowest BCUT2D eigenvalue weighted by atomic mass is 10.1. The van der Waals surface area contributed by atoms with Crippen molar-refractivity contribution < 1.29 is 5.11 Å². The zero-order chi connectivity index (χ0) is 11.6. The van der Waals surface area contributed by atoms with Gasteiger partial charge in [0, 0.05) is 17.8 Å². The van der Waals surface area contributed by atoms with E-state index in [0.717, 1.165) is 13.0 Å². The Balaban J connectivity index is 1.98. The molecule has 0 atom stereocenters. The van der Waals surface area contributed by atoms with Crippen LogP contribution in [0.4, 0.5) is 0 Å². The lowest BCUT2D eigenvalue weighted by molar-refractivity contribution is 0.0737. The molecule has 0 aliphatic heterocycles. The van der Waals surface area contributed by atoms with Gasteiger partial charge in [0.2, 0.25) is 0 Å². The third-order valence-corrected chi connectivity index (χ3v) is 3.27. The summed E-state index contributed by atoms with van der Waals surface area (Å²) >= 11 is 1.74. The standard InChI is InChI=1S/C11H15N3OS/c1-11(2,15)10-8-14(13-12-10)6-5-9-4-3-7-16-9/h3-4,7-8,15H,5-6H2,1-2H3. The monoisotopic (exact) mass is 237 g/mol. The molecular formula is C11H15N3OS. The van der Waals surface area contributed by atoms with E-state index < -0.39 is 5.60 Å². The van der Waals surface area contributed by atoms with Crippen LogP contribution in [0, 0.1) is 0 Å². The molecule has 0 aliphatic rings. The summed E-state index contributed by atoms with van der Waals surface area (Å²) in [4.78, 5) is 1.33. The summed E-state index contributed by atoms with van der Waals surface area (Å²) in [6.07, 6.45) is 2.75. The molecule has 1 N–H and O–H groups in total. The van der Waals surface area contributed by atoms with E-state index in [1.807, 2.05) is 6.07 Å². The molecule has 0 saturated carbocycles. The second-order valence-electron chi connectivity index (χ2n) is 4.26. The highest BCUT2D eigenvalue weighted by molar-refractivity contribution is 7.09. The highest BCUT2D eigenvalue weighted by Crippen LogP contribution is 2.16. The fourth-order valence-electron chi connectivity index (χ4n) is 1.37. The van der Waals surface area contributed by atoms with E-state index in [2.05, 4.69) is 21.8 Å². The Morgan fingerprint density at radius 3 is 2.88 bits per heavy atom. The lowest BCUT2D eigenvalue weighted by Gasteiger charge is -2.11. The van der Waals surface area contributed by atoms with Crippen LogP contribution >= 0.6 is 11.3 Å². The Kier molecular flexibility index (Phi) is 3.07. The third-order valence-electron chi connectivity index (χ3n) is 2.33. The van der Waals surface area contributed by atoms with Gasteiger partial charge in [-0.15, -0.1) is 16.4 Å². The fraction of sp³-hybridized carbons (Fsp3) is 0.455. The van der Waals surface area contributed by atoms with Crippen molar-refractivity contribution >= 4 is 11.3 Å². The molecule has 2 heterocycles. The van der Waals surface area contributed by atoms with E-state index in [1.54, 1.807) is 36.1 Å². The summed E-state index contributed by atoms with van der Waals surface area (Å²) in [6, 6.07) is 4.15. The van der Waals surface area contributed by atoms with Gasteiger partial charge in [-0.1, -0.05) is 11.3 Å². The number of aliphatic hydroxyl groups is 1. The van der Waals surface area contributed by atoms with Crippen LogP contribution in [0.2, 0.25) is 0 Å². The van der Waals surface area contributed by atoms with Crippen LogP contribution in [0.1, 0.15) is 24.4 Å². The summed E-state index contributed by atoms with van der Waals surface area (Å²) in [6.45, 7) is 4.21. The maximum atomic E-state index is 9.74. The number of nitrogens with zero attached hydrogens (tertiary/aromatic N) is 3. The maximum Gasteiger partial charge on any atom is 0.114 e. The van der Waals surface area contributed by atoms with Gasteiger partial charge in [-0.3, -0.25) is 4.68 Å². The molecule has 0 aliphatic carbocycles. The average Bonchev–Trinajstić information content (AvgIpc) is 2.85. The molecular weight excluding hydrogens is 222 g/mol. The average molecular weight is 237 g/mol. The zero-order valence-electron chi connectivity index (χ0n) is 9.42. The molecule has 86 valence electrons. The number of hydrogen-bond donors (Lipinski definition) is 1. The summed E-state index contributed by atoms with van der Waals surface area (Å²) in [5, 5.41) is 19.8. The number of thiophene rings is 1. The second-order valence-corrected chi connectivity index (χ2v) is 5.29. The van der Waals surface area contributed by atoms with Gasteiger partial charge in [-0.25, -0.2) is 0 Å². The van der Waals surface area contributed by atoms with Gasteiger partial charge in [0.25, 0.3) is 0 Å². The first-order chi connectivity index (χ1) is 7.55. The fourth-order valence-corrected chi connectivity index (χ4v) is 2.07. The minimum absolute atomic E-state index is 0.610. The molecule has 0 fully saturated rings. The minimum Gasteiger partial charge on any atom is -0.384 e. The Bertz CT molecular complexity index is 442. The molecule has 0 aromatic carbocycles. The lowest BCUT2D eigenvalue weighted by Crippen LogP contribution is -2.15. The van der Waals surface area contributed by atoms with Crippen LogP contribution in [0.5, 0.6) is 0 Å². The van der Waals surface area contributed by atoms with Gasteiger partial charge < -0.3 is 5.11 Å². The first-order valence-corrected chi connectivity index (χ1v) is 6.09. The smallest absolute Gasteiger partial charge is 0.114 e. The van der Waals surface area contributed by atoms with Crippen molar-refractivity contribution in [2.24, 2.45) is 0 Å². The normalized spacial score (nSPS) is 11.9. The number of hydrogen-bond acceptors (Lipinski definition) is 4. The SMILES string of the molecule is CC(C)(O)c1cn(CCc2cccs2)nn1. The Morgan fingerprint density at radius 2 is 2.31 bits per heavy atom. The van der Waals surface area contributed by atoms with Crippen LogP contribution in [-0.4, -0.2) is 20.1 Å². The maximum absolute atomic E-state index is 9.74. The number of rotatable bonds is 4. The summed E-state index contributed by atoms with van der Waals surface area (Å²) in [5.74, 6) is 0. The van der Waals surface area contributed by atoms with Crippen molar-refractivity contribution in [1.29, 1.82) is 0 Å². The largest absolute Gasteiger partial charge is 0.384 e. The van der Waals surface area contributed by atoms with E-state index >= 15 is 0 Å². The Hall–Kier alpha value is -1.20. The molecule has 4 nitrogen and oxygen atoms in total. The topological polar surface area (TPSA) is 50.9 Å². The van der Waals surface area contributed by atoms with Gasteiger partial charge in [-0.2, -0.15) is 0 Å². The van der Waals surface area contributed by atoms with E-state index in [1.165, 1.54) is 4.88 Å². The predicted octanol–water partition coefficient (Wildman–Crippen LogP) is 1.81. The van der Waals surface area contributed by atoms with Gasteiger partial charge >= 0.3 is 0 Å². The van der Waals surface area contributed by atoms with Crippen LogP contribution in [-0.2, 0) is 18.6 Å². The van der Waals surface area contributed by atoms with Crippen LogP contribution in [0.25, 0.3) is 0 Å². The summed E-state index contributed by atoms with van der Waals surface area (Å²) in [5.41, 5.74) is -0.306. The Morgan fingerprint density at radius 1 is 1.50 bits per heavy atom. The third kappa shape index (κ3) is 2.68. The highest BCUT2D eigenvalue weighted by Gasteiger charge is 2.19. The molecule has 2 aromatic heterocycles. The molecule has 0 bridgehead atoms. The van der Waals surface area contributed by atoms with E-state index in [9.17, 15) is 5.11 Å². The molecule has 0 saturated heterocycles. The molecule has 0 amide bonds. The number of aryl methyl sites for hydroxylation is 2. The quantitative estimate of drug-likeness (QED) is 0.882. The van der Waals surface area contributed by atoms with Crippen LogP contribution < -0.4 is 0 Å². The van der Waals surface area contributed by atoms with E-state index in [-0.39, 0.29) is 0 Å². The number of aromatic nitrogens is 3. The molecule has 2 rings (SSSR count). The molecule has 0 unspecified atom stereocenters. The summed E-state index contributed by atoms with van der Waals surface area (Å²) in [7, 11) is 0. The van der Waals surface area contributed by atoms with Gasteiger partial charge in [-0.05, 0) is 25.3 Å². The first kappa shape index (κ1) is 11.3. The molecule has 0 radical (unpaired) electrons. The molecule has 5 heteroatoms. The highest BCUT2D eigenvalue weighted by atomic mass is 32.1. The Labute approximate surface area is 98.5 Å². The van der Waals surface area contributed by atoms with Gasteiger partial charge in [0.15, 0.2) is 0 Å². The second kappa shape index (κ2) is 4.35. The van der Waals surface area contributed by atoms with Crippen molar-refractivity contribution in [1.82, 2.24) is 15.0 Å². The van der Waals surface area contributed by atoms with Crippen LogP contribution in [0.3, 0.4) is 0 Å². The van der Waals surface area contributed by atoms with Gasteiger partial charge in [0.05, 0.1) is 6.20 Å².